The van der Waals surface area contributed by atoms with Gasteiger partial charge in [-0.25, -0.2) is 0 Å². The highest BCUT2D eigenvalue weighted by molar-refractivity contribution is 7.99. The van der Waals surface area contributed by atoms with E-state index in [1.165, 1.54) is 16.8 Å². The topological polar surface area (TPSA) is 3.24 Å². The van der Waals surface area contributed by atoms with E-state index in [0.29, 0.717) is 5.92 Å². The normalized spacial score (nSPS) is 12.0. The molecule has 2 heteroatoms. The van der Waals surface area contributed by atoms with E-state index in [2.05, 4.69) is 70.4 Å². The Morgan fingerprint density at radius 1 is 1.18 bits per heavy atom. The summed E-state index contributed by atoms with van der Waals surface area (Å²) in [6.45, 7) is 11.3. The lowest BCUT2D eigenvalue weighted by Crippen LogP contribution is -2.18. The van der Waals surface area contributed by atoms with Crippen LogP contribution in [0.1, 0.15) is 51.7 Å². The lowest BCUT2D eigenvalue weighted by Gasteiger charge is -2.28. The molecule has 1 nitrogen and oxygen atoms in total. The summed E-state index contributed by atoms with van der Waals surface area (Å²) in [5, 5.41) is 0. The first-order chi connectivity index (χ1) is 7.77. The van der Waals surface area contributed by atoms with Crippen LogP contribution in [0.2, 0.25) is 0 Å². The van der Waals surface area contributed by atoms with Gasteiger partial charge in [-0.15, -0.1) is 0 Å². The summed E-state index contributed by atoms with van der Waals surface area (Å²) in [5.74, 6) is 0.582. The van der Waals surface area contributed by atoms with Crippen LogP contribution < -0.4 is 4.31 Å². The minimum Gasteiger partial charge on any atom is -0.319 e. The van der Waals surface area contributed by atoms with Gasteiger partial charge in [0, 0.05) is 13.3 Å². The van der Waals surface area contributed by atoms with E-state index < -0.39 is 0 Å². The Bertz CT molecular complexity index is 377. The molecule has 96 valence electrons. The van der Waals surface area contributed by atoms with Crippen LogP contribution in [-0.2, 0) is 5.41 Å². The fraction of sp³-hybridized carbons (Fsp3) is 0.600. The fourth-order valence-electron chi connectivity index (χ4n) is 1.90. The van der Waals surface area contributed by atoms with Crippen molar-refractivity contribution in [3.8, 4) is 0 Å². The smallest absolute Gasteiger partial charge is 0.0506 e. The van der Waals surface area contributed by atoms with Crippen molar-refractivity contribution < 1.29 is 0 Å². The first-order valence-corrected chi connectivity index (χ1v) is 7.37. The largest absolute Gasteiger partial charge is 0.319 e. The maximum atomic E-state index is 2.34. The number of hydrogen-bond acceptors (Lipinski definition) is 2. The Hall–Kier alpha value is -0.630. The van der Waals surface area contributed by atoms with Gasteiger partial charge in [0.05, 0.1) is 5.69 Å². The second kappa shape index (κ2) is 5.34. The van der Waals surface area contributed by atoms with Gasteiger partial charge in [-0.1, -0.05) is 58.7 Å². The summed E-state index contributed by atoms with van der Waals surface area (Å²) in [6.07, 6.45) is 2.12. The van der Waals surface area contributed by atoms with Crippen LogP contribution in [-0.4, -0.2) is 13.3 Å². The molecule has 0 aliphatic rings. The molecule has 0 fully saturated rings. The SMILES string of the molecule is CSN(C)c1cc(C(C)C)ccc1C(C)(C)C. The van der Waals surface area contributed by atoms with Crippen LogP contribution in [0.3, 0.4) is 0 Å². The lowest BCUT2D eigenvalue weighted by atomic mass is 9.84. The molecule has 0 N–H and O–H groups in total. The quantitative estimate of drug-likeness (QED) is 0.708. The monoisotopic (exact) mass is 251 g/mol. The average molecular weight is 251 g/mol. The van der Waals surface area contributed by atoms with E-state index in [-0.39, 0.29) is 5.41 Å². The lowest BCUT2D eigenvalue weighted by molar-refractivity contribution is 0.590. The molecule has 1 aromatic carbocycles. The van der Waals surface area contributed by atoms with E-state index in [0.717, 1.165) is 0 Å². The molecule has 0 saturated carbocycles. The van der Waals surface area contributed by atoms with Crippen molar-refractivity contribution in [3.05, 3.63) is 29.3 Å². The maximum Gasteiger partial charge on any atom is 0.0506 e. The zero-order chi connectivity index (χ0) is 13.2. The molecule has 17 heavy (non-hydrogen) atoms. The molecule has 1 rings (SSSR count). The molecule has 0 atom stereocenters. The summed E-state index contributed by atoms with van der Waals surface area (Å²) in [6, 6.07) is 6.89. The number of rotatable bonds is 3. The molecule has 0 heterocycles. The van der Waals surface area contributed by atoms with Gasteiger partial charge in [-0.3, -0.25) is 0 Å². The van der Waals surface area contributed by atoms with Crippen molar-refractivity contribution in [1.82, 2.24) is 0 Å². The Morgan fingerprint density at radius 2 is 1.76 bits per heavy atom. The maximum absolute atomic E-state index is 2.34. The van der Waals surface area contributed by atoms with Crippen LogP contribution in [0.4, 0.5) is 5.69 Å². The van der Waals surface area contributed by atoms with Crippen LogP contribution >= 0.6 is 11.9 Å². The summed E-state index contributed by atoms with van der Waals surface area (Å²) >= 11 is 1.76. The van der Waals surface area contributed by atoms with Gasteiger partial charge in [0.25, 0.3) is 0 Å². The second-order valence-corrected chi connectivity index (χ2v) is 6.77. The number of hydrogen-bond donors (Lipinski definition) is 0. The van der Waals surface area contributed by atoms with E-state index in [4.69, 9.17) is 0 Å². The van der Waals surface area contributed by atoms with Crippen molar-refractivity contribution in [2.24, 2.45) is 0 Å². The van der Waals surface area contributed by atoms with Crippen LogP contribution in [0.15, 0.2) is 18.2 Å². The third-order valence-electron chi connectivity index (χ3n) is 3.11. The van der Waals surface area contributed by atoms with Crippen molar-refractivity contribution >= 4 is 17.6 Å². The van der Waals surface area contributed by atoms with E-state index in [1.54, 1.807) is 11.9 Å². The average Bonchev–Trinajstić information content (AvgIpc) is 2.25. The van der Waals surface area contributed by atoms with Gasteiger partial charge in [-0.05, 0) is 28.5 Å². The standard InChI is InChI=1S/C15H25NS/c1-11(2)12-8-9-13(15(3,4)5)14(10-12)16(6)17-7/h8-11H,1-7H3. The first kappa shape index (κ1) is 14.4. The predicted molar refractivity (Wildman–Crippen MR) is 81.1 cm³/mol. The number of nitrogens with zero attached hydrogens (tertiary/aromatic N) is 1. The predicted octanol–water partition coefficient (Wildman–Crippen LogP) is 4.82. The summed E-state index contributed by atoms with van der Waals surface area (Å²) in [4.78, 5) is 0. The Morgan fingerprint density at radius 3 is 2.18 bits per heavy atom. The highest BCUT2D eigenvalue weighted by Gasteiger charge is 2.20. The van der Waals surface area contributed by atoms with Gasteiger partial charge in [0.15, 0.2) is 0 Å². The Labute approximate surface area is 111 Å². The van der Waals surface area contributed by atoms with Crippen molar-refractivity contribution in [2.75, 3.05) is 17.6 Å². The highest BCUT2D eigenvalue weighted by Crippen LogP contribution is 2.35. The Balaban J connectivity index is 3.32. The van der Waals surface area contributed by atoms with Crippen molar-refractivity contribution in [3.63, 3.8) is 0 Å². The third-order valence-corrected chi connectivity index (χ3v) is 3.85. The molecule has 0 spiro atoms. The van der Waals surface area contributed by atoms with Gasteiger partial charge < -0.3 is 4.31 Å². The fourth-order valence-corrected chi connectivity index (χ4v) is 2.25. The van der Waals surface area contributed by atoms with Crippen LogP contribution in [0.5, 0.6) is 0 Å². The zero-order valence-corrected chi connectivity index (χ0v) is 13.0. The van der Waals surface area contributed by atoms with Crippen LogP contribution in [0.25, 0.3) is 0 Å². The molecule has 0 bridgehead atoms. The molecule has 1 aromatic rings. The van der Waals surface area contributed by atoms with Gasteiger partial charge in [-0.2, -0.15) is 0 Å². The Kier molecular flexibility index (Phi) is 4.54. The minimum atomic E-state index is 0.189. The third kappa shape index (κ3) is 3.41. The summed E-state index contributed by atoms with van der Waals surface area (Å²) < 4.78 is 2.26. The van der Waals surface area contributed by atoms with Crippen molar-refractivity contribution in [1.29, 1.82) is 0 Å². The molecular formula is C15H25NS. The van der Waals surface area contributed by atoms with Gasteiger partial charge in [0.2, 0.25) is 0 Å². The van der Waals surface area contributed by atoms with Crippen molar-refractivity contribution in [2.45, 2.75) is 46.0 Å². The number of anilines is 1. The second-order valence-electron chi connectivity index (χ2n) is 5.86. The zero-order valence-electron chi connectivity index (χ0n) is 12.2. The van der Waals surface area contributed by atoms with Gasteiger partial charge >= 0.3 is 0 Å². The molecule has 0 amide bonds. The summed E-state index contributed by atoms with van der Waals surface area (Å²) in [5.41, 5.74) is 4.36. The molecule has 0 unspecified atom stereocenters. The minimum absolute atomic E-state index is 0.189. The molecular weight excluding hydrogens is 226 g/mol. The van der Waals surface area contributed by atoms with E-state index in [9.17, 15) is 0 Å². The van der Waals surface area contributed by atoms with Gasteiger partial charge in [0.1, 0.15) is 0 Å². The molecule has 0 aliphatic carbocycles. The van der Waals surface area contributed by atoms with E-state index in [1.807, 2.05) is 0 Å². The highest BCUT2D eigenvalue weighted by atomic mass is 32.2. The molecule has 0 saturated heterocycles. The number of benzene rings is 1. The summed E-state index contributed by atoms with van der Waals surface area (Å²) in [7, 11) is 2.14. The molecule has 0 aliphatic heterocycles. The molecule has 0 radical (unpaired) electrons. The van der Waals surface area contributed by atoms with E-state index >= 15 is 0 Å². The molecule has 0 aromatic heterocycles. The first-order valence-electron chi connectivity index (χ1n) is 6.19. The van der Waals surface area contributed by atoms with Crippen LogP contribution in [0, 0.1) is 0 Å².